The van der Waals surface area contributed by atoms with Crippen LogP contribution in [0.5, 0.6) is 5.75 Å². The predicted octanol–water partition coefficient (Wildman–Crippen LogP) is 3.47. The monoisotopic (exact) mass is 707 g/mol. The molecule has 0 saturated heterocycles. The van der Waals surface area contributed by atoms with Crippen molar-refractivity contribution in [3.8, 4) is 17.1 Å². The van der Waals surface area contributed by atoms with Crippen molar-refractivity contribution in [3.05, 3.63) is 112 Å². The summed E-state index contributed by atoms with van der Waals surface area (Å²) in [5, 5.41) is 11.6. The van der Waals surface area contributed by atoms with Crippen molar-refractivity contribution in [1.82, 2.24) is 35.1 Å². The van der Waals surface area contributed by atoms with Crippen LogP contribution in [0, 0.1) is 0 Å². The lowest BCUT2D eigenvalue weighted by atomic mass is 9.94. The first-order valence-corrected chi connectivity index (χ1v) is 17.7. The summed E-state index contributed by atoms with van der Waals surface area (Å²) >= 11 is 1.55. The molecule has 2 aromatic carbocycles. The van der Waals surface area contributed by atoms with E-state index in [9.17, 15) is 19.2 Å². The Morgan fingerprint density at radius 3 is 2.63 bits per heavy atom. The molecule has 1 unspecified atom stereocenters. The molecule has 0 aliphatic carbocycles. The van der Waals surface area contributed by atoms with E-state index in [1.165, 1.54) is 11.1 Å². The number of fused-ring (bicyclic) bond motifs is 3. The Morgan fingerprint density at radius 2 is 1.78 bits per heavy atom. The molecule has 51 heavy (non-hydrogen) atoms. The Labute approximate surface area is 298 Å². The highest BCUT2D eigenvalue weighted by molar-refractivity contribution is 7.10. The normalized spacial score (nSPS) is 17.2. The highest BCUT2D eigenvalue weighted by Crippen LogP contribution is 2.36. The van der Waals surface area contributed by atoms with Gasteiger partial charge in [0.2, 0.25) is 17.7 Å². The van der Waals surface area contributed by atoms with Crippen molar-refractivity contribution < 1.29 is 28.4 Å². The number of hydrogen-bond acceptors (Lipinski definition) is 9. The molecule has 14 heteroatoms. The van der Waals surface area contributed by atoms with E-state index in [1.54, 1.807) is 17.7 Å². The van der Waals surface area contributed by atoms with Crippen molar-refractivity contribution in [2.45, 2.75) is 31.8 Å². The van der Waals surface area contributed by atoms with Crippen LogP contribution >= 0.6 is 11.3 Å². The van der Waals surface area contributed by atoms with Gasteiger partial charge in [-0.3, -0.25) is 19.2 Å². The van der Waals surface area contributed by atoms with Crippen LogP contribution in [0.1, 0.15) is 44.6 Å². The first-order valence-electron chi connectivity index (χ1n) is 16.9. The topological polar surface area (TPSA) is 152 Å². The number of imidazole rings is 1. The third-order valence-corrected chi connectivity index (χ3v) is 9.80. The first kappa shape index (κ1) is 33.7. The van der Waals surface area contributed by atoms with Crippen molar-refractivity contribution in [3.63, 3.8) is 0 Å². The molecule has 0 radical (unpaired) electrons. The number of aromatic nitrogens is 3. The number of hydrogen-bond donors (Lipinski definition) is 2. The average molecular weight is 708 g/mol. The third kappa shape index (κ3) is 7.70. The molecule has 7 rings (SSSR count). The van der Waals surface area contributed by atoms with Crippen LogP contribution in [0.2, 0.25) is 0 Å². The molecule has 0 fully saturated rings. The second-order valence-electron chi connectivity index (χ2n) is 12.3. The van der Waals surface area contributed by atoms with Gasteiger partial charge in [-0.1, -0.05) is 53.7 Å². The van der Waals surface area contributed by atoms with Crippen molar-refractivity contribution in [2.24, 2.45) is 0 Å². The van der Waals surface area contributed by atoms with Gasteiger partial charge in [-0.2, -0.15) is 0 Å². The van der Waals surface area contributed by atoms with E-state index in [1.807, 2.05) is 81.6 Å². The lowest BCUT2D eigenvalue weighted by molar-refractivity contribution is -0.132. The molecular formula is C37H37N7O6S. The summed E-state index contributed by atoms with van der Waals surface area (Å²) in [4.78, 5) is 62.9. The van der Waals surface area contributed by atoms with Gasteiger partial charge in [-0.25, -0.2) is 4.98 Å². The van der Waals surface area contributed by atoms with Crippen LogP contribution in [0.15, 0.2) is 89.2 Å². The molecule has 3 aromatic heterocycles. The van der Waals surface area contributed by atoms with Crippen LogP contribution in [0.4, 0.5) is 0 Å². The van der Waals surface area contributed by atoms with Gasteiger partial charge in [0.25, 0.3) is 5.91 Å². The third-order valence-electron chi connectivity index (χ3n) is 8.93. The van der Waals surface area contributed by atoms with E-state index in [-0.39, 0.29) is 49.5 Å². The maximum atomic E-state index is 13.8. The summed E-state index contributed by atoms with van der Waals surface area (Å²) in [5.41, 5.74) is 3.36. The molecule has 2 aliphatic rings. The minimum atomic E-state index is -0.461. The van der Waals surface area contributed by atoms with Crippen LogP contribution in [-0.2, 0) is 33.8 Å². The quantitative estimate of drug-likeness (QED) is 0.288. The Bertz CT molecular complexity index is 2010. The summed E-state index contributed by atoms with van der Waals surface area (Å²) in [7, 11) is 0. The Morgan fingerprint density at radius 1 is 0.941 bits per heavy atom. The molecule has 5 aromatic rings. The largest absolute Gasteiger partial charge is 0.494 e. The number of ether oxygens (including phenoxy) is 1. The Hall–Kier alpha value is -5.76. The lowest BCUT2D eigenvalue weighted by Gasteiger charge is -2.36. The molecule has 6 bridgehead atoms. The Kier molecular flexibility index (Phi) is 10.2. The van der Waals surface area contributed by atoms with Gasteiger partial charge in [-0.15, -0.1) is 11.3 Å². The number of nitrogens with one attached hydrogen (secondary N) is 2. The number of benzene rings is 2. The number of amides is 4. The second-order valence-corrected chi connectivity index (χ2v) is 13.4. The van der Waals surface area contributed by atoms with E-state index >= 15 is 0 Å². The summed E-state index contributed by atoms with van der Waals surface area (Å²) in [6.07, 6.45) is 4.33. The van der Waals surface area contributed by atoms with E-state index < -0.39 is 11.9 Å². The smallest absolute Gasteiger partial charge is 0.260 e. The Balaban J connectivity index is 1.13. The molecule has 0 saturated carbocycles. The fourth-order valence-corrected chi connectivity index (χ4v) is 7.18. The molecule has 2 N–H and O–H groups in total. The molecule has 4 amide bonds. The molecular weight excluding hydrogens is 671 g/mol. The fraction of sp³-hybridized carbons (Fsp3) is 0.297. The van der Waals surface area contributed by atoms with Gasteiger partial charge in [0.1, 0.15) is 23.9 Å². The van der Waals surface area contributed by atoms with E-state index in [2.05, 4.69) is 15.8 Å². The van der Waals surface area contributed by atoms with Crippen molar-refractivity contribution in [1.29, 1.82) is 0 Å². The molecule has 2 aliphatic heterocycles. The number of nitrogens with zero attached hydrogens (tertiary/aromatic N) is 5. The zero-order valence-electron chi connectivity index (χ0n) is 27.8. The van der Waals surface area contributed by atoms with Gasteiger partial charge >= 0.3 is 0 Å². The van der Waals surface area contributed by atoms with Gasteiger partial charge in [0.05, 0.1) is 37.8 Å². The predicted molar refractivity (Wildman–Crippen MR) is 188 cm³/mol. The van der Waals surface area contributed by atoms with Crippen molar-refractivity contribution in [2.75, 3.05) is 39.3 Å². The van der Waals surface area contributed by atoms with E-state index in [0.29, 0.717) is 56.0 Å². The summed E-state index contributed by atoms with van der Waals surface area (Å²) in [6, 6.07) is 20.2. The zero-order valence-corrected chi connectivity index (χ0v) is 28.6. The zero-order chi connectivity index (χ0) is 35.2. The summed E-state index contributed by atoms with van der Waals surface area (Å²) in [6.45, 7) is 1.08. The lowest BCUT2D eigenvalue weighted by Crippen LogP contribution is -2.45. The minimum absolute atomic E-state index is 0.000412. The van der Waals surface area contributed by atoms with E-state index in [0.717, 1.165) is 21.8 Å². The maximum Gasteiger partial charge on any atom is 0.260 e. The van der Waals surface area contributed by atoms with Gasteiger partial charge in [0.15, 0.2) is 5.76 Å². The molecule has 262 valence electrons. The first-order chi connectivity index (χ1) is 24.9. The molecule has 0 spiro atoms. The van der Waals surface area contributed by atoms with Crippen LogP contribution in [-0.4, -0.2) is 87.5 Å². The minimum Gasteiger partial charge on any atom is -0.494 e. The van der Waals surface area contributed by atoms with E-state index in [4.69, 9.17) is 14.2 Å². The molecule has 13 nitrogen and oxygen atoms in total. The standard InChI is InChI=1S/C37H37N7O6S/c45-31-22-42(37(48)29-21-41-50-36(29)25-7-2-1-3-8-25)16-14-39-32(46)23-43-24-40-34-30(43)12-15-44(33(47)20-28-11-5-18-51-28)35(34)26-9-4-10-27(19-26)49-17-6-13-38-31/h1-5,7-11,18-19,21,24,35H,6,12-17,20,22-23H2,(H,38,45)(H,39,46). The average Bonchev–Trinajstić information content (AvgIpc) is 3.93. The SMILES string of the molecule is O=C1CN(C(=O)c2cnoc2-c2ccccc2)CCNC(=O)Cn2cnc3c2CCN(C(=O)Cc2cccs2)C3c2cccc(c2)OCCCN1. The van der Waals surface area contributed by atoms with Crippen LogP contribution in [0.3, 0.4) is 0 Å². The number of thiophene rings is 1. The second kappa shape index (κ2) is 15.4. The fourth-order valence-electron chi connectivity index (χ4n) is 6.48. The highest BCUT2D eigenvalue weighted by Gasteiger charge is 2.36. The number of rotatable bonds is 4. The van der Waals surface area contributed by atoms with Gasteiger partial charge < -0.3 is 34.3 Å². The van der Waals surface area contributed by atoms with Gasteiger partial charge in [0, 0.05) is 48.7 Å². The van der Waals surface area contributed by atoms with Gasteiger partial charge in [-0.05, 0) is 35.6 Å². The maximum absolute atomic E-state index is 13.8. The summed E-state index contributed by atoms with van der Waals surface area (Å²) < 4.78 is 13.3. The van der Waals surface area contributed by atoms with Crippen LogP contribution < -0.4 is 15.4 Å². The van der Waals surface area contributed by atoms with Crippen LogP contribution in [0.25, 0.3) is 11.3 Å². The number of carbonyl (C=O) groups excluding carboxylic acids is 4. The van der Waals surface area contributed by atoms with Crippen molar-refractivity contribution >= 4 is 35.0 Å². The number of carbonyl (C=O) groups is 4. The highest BCUT2D eigenvalue weighted by atomic mass is 32.1. The summed E-state index contributed by atoms with van der Waals surface area (Å²) in [5.74, 6) is -0.149. The molecule has 5 heterocycles. The molecule has 1 atom stereocenters.